The van der Waals surface area contributed by atoms with Gasteiger partial charge in [0.25, 0.3) is 5.91 Å². The second kappa shape index (κ2) is 4.60. The Balaban J connectivity index is 2.08. The molecule has 6 nitrogen and oxygen atoms in total. The number of rotatable bonds is 3. The number of nitrogens with two attached hydrogens (primary N) is 1. The van der Waals surface area contributed by atoms with E-state index in [0.29, 0.717) is 23.7 Å². The first kappa shape index (κ1) is 13.4. The van der Waals surface area contributed by atoms with Crippen molar-refractivity contribution >= 4 is 27.1 Å². The molecular weight excluding hydrogens is 274 g/mol. The number of aromatic nitrogens is 1. The summed E-state index contributed by atoms with van der Waals surface area (Å²) in [5.41, 5.74) is 5.03. The van der Waals surface area contributed by atoms with Crippen LogP contribution in [0.5, 0.6) is 0 Å². The quantitative estimate of drug-likeness (QED) is 0.809. The minimum atomic E-state index is -3.03. The smallest absolute Gasteiger partial charge is 0.271 e. The fourth-order valence-corrected chi connectivity index (χ4v) is 4.70. The number of hydrogen-bond acceptors (Lipinski definition) is 6. The zero-order valence-corrected chi connectivity index (χ0v) is 11.6. The van der Waals surface area contributed by atoms with Crippen molar-refractivity contribution in [2.24, 2.45) is 5.73 Å². The molecule has 3 N–H and O–H groups in total. The average Bonchev–Trinajstić information content (AvgIpc) is 2.83. The van der Waals surface area contributed by atoms with Crippen LogP contribution in [0.15, 0.2) is 5.38 Å². The van der Waals surface area contributed by atoms with Gasteiger partial charge in [-0.25, -0.2) is 13.4 Å². The van der Waals surface area contributed by atoms with Gasteiger partial charge in [0, 0.05) is 11.9 Å². The summed E-state index contributed by atoms with van der Waals surface area (Å²) in [5.74, 6) is -0.236. The Morgan fingerprint density at radius 2 is 2.39 bits per heavy atom. The zero-order valence-electron chi connectivity index (χ0n) is 9.97. The highest BCUT2D eigenvalue weighted by Gasteiger charge is 2.39. The number of sulfone groups is 1. The SMILES string of the molecule is CC1(NC(=O)c2csc(CN)n2)CCS(=O)(=O)C1. The van der Waals surface area contributed by atoms with Crippen LogP contribution in [0.3, 0.4) is 0 Å². The maximum absolute atomic E-state index is 11.9. The van der Waals surface area contributed by atoms with Crippen LogP contribution in [-0.2, 0) is 16.4 Å². The minimum Gasteiger partial charge on any atom is -0.344 e. The zero-order chi connectivity index (χ0) is 13.4. The normalized spacial score (nSPS) is 26.1. The van der Waals surface area contributed by atoms with Crippen LogP contribution < -0.4 is 11.1 Å². The van der Waals surface area contributed by atoms with Crippen molar-refractivity contribution < 1.29 is 13.2 Å². The summed E-state index contributed by atoms with van der Waals surface area (Å²) < 4.78 is 22.9. The van der Waals surface area contributed by atoms with E-state index in [4.69, 9.17) is 5.73 Å². The van der Waals surface area contributed by atoms with E-state index in [9.17, 15) is 13.2 Å². The third kappa shape index (κ3) is 2.88. The Morgan fingerprint density at radius 3 is 2.89 bits per heavy atom. The lowest BCUT2D eigenvalue weighted by molar-refractivity contribution is 0.0911. The molecule has 1 aliphatic heterocycles. The Hall–Kier alpha value is -0.990. The summed E-state index contributed by atoms with van der Waals surface area (Å²) in [7, 11) is -3.03. The Morgan fingerprint density at radius 1 is 1.67 bits per heavy atom. The molecule has 2 rings (SSSR count). The van der Waals surface area contributed by atoms with Crippen LogP contribution in [0.25, 0.3) is 0 Å². The highest BCUT2D eigenvalue weighted by Crippen LogP contribution is 2.23. The van der Waals surface area contributed by atoms with Gasteiger partial charge in [-0.2, -0.15) is 0 Å². The van der Waals surface area contributed by atoms with E-state index in [1.165, 1.54) is 11.3 Å². The molecule has 1 aromatic heterocycles. The van der Waals surface area contributed by atoms with E-state index < -0.39 is 15.4 Å². The third-order valence-corrected chi connectivity index (χ3v) is 5.65. The largest absolute Gasteiger partial charge is 0.344 e. The molecule has 0 saturated carbocycles. The van der Waals surface area contributed by atoms with Gasteiger partial charge < -0.3 is 11.1 Å². The molecule has 1 fully saturated rings. The molecule has 1 unspecified atom stereocenters. The van der Waals surface area contributed by atoms with Gasteiger partial charge in [0.05, 0.1) is 17.0 Å². The van der Waals surface area contributed by atoms with Crippen LogP contribution in [-0.4, -0.2) is 36.4 Å². The second-order valence-corrected chi connectivity index (χ2v) is 7.81. The number of hydrogen-bond donors (Lipinski definition) is 2. The van der Waals surface area contributed by atoms with Gasteiger partial charge in [-0.3, -0.25) is 4.79 Å². The maximum Gasteiger partial charge on any atom is 0.271 e. The first-order valence-electron chi connectivity index (χ1n) is 5.51. The maximum atomic E-state index is 11.9. The van der Waals surface area contributed by atoms with Crippen molar-refractivity contribution in [3.05, 3.63) is 16.1 Å². The fourth-order valence-electron chi connectivity index (χ4n) is 1.96. The van der Waals surface area contributed by atoms with Gasteiger partial charge in [0.15, 0.2) is 9.84 Å². The number of carbonyl (C=O) groups excluding carboxylic acids is 1. The highest BCUT2D eigenvalue weighted by molar-refractivity contribution is 7.91. The summed E-state index contributed by atoms with van der Waals surface area (Å²) in [6.45, 7) is 2.04. The lowest BCUT2D eigenvalue weighted by Gasteiger charge is -2.23. The number of nitrogens with one attached hydrogen (secondary N) is 1. The first-order chi connectivity index (χ1) is 8.34. The van der Waals surface area contributed by atoms with Crippen molar-refractivity contribution in [2.45, 2.75) is 25.4 Å². The lowest BCUT2D eigenvalue weighted by atomic mass is 10.0. The van der Waals surface area contributed by atoms with Gasteiger partial charge in [-0.05, 0) is 13.3 Å². The van der Waals surface area contributed by atoms with E-state index in [-0.39, 0.29) is 17.4 Å². The van der Waals surface area contributed by atoms with E-state index in [1.807, 2.05) is 0 Å². The van der Waals surface area contributed by atoms with Crippen LogP contribution in [0.1, 0.15) is 28.8 Å². The molecule has 8 heteroatoms. The fraction of sp³-hybridized carbons (Fsp3) is 0.600. The van der Waals surface area contributed by atoms with Gasteiger partial charge in [-0.1, -0.05) is 0 Å². The third-order valence-electron chi connectivity index (χ3n) is 2.88. The minimum absolute atomic E-state index is 0.0143. The molecule has 0 bridgehead atoms. The summed E-state index contributed by atoms with van der Waals surface area (Å²) in [6, 6.07) is 0. The number of amides is 1. The predicted molar refractivity (Wildman–Crippen MR) is 69.1 cm³/mol. The molecular formula is C10H15N3O3S2. The van der Waals surface area contributed by atoms with Crippen molar-refractivity contribution in [1.82, 2.24) is 10.3 Å². The molecule has 2 heterocycles. The van der Waals surface area contributed by atoms with Crippen molar-refractivity contribution in [2.75, 3.05) is 11.5 Å². The molecule has 1 aromatic rings. The van der Waals surface area contributed by atoms with Crippen molar-refractivity contribution in [3.8, 4) is 0 Å². The van der Waals surface area contributed by atoms with Gasteiger partial charge in [0.1, 0.15) is 10.7 Å². The standard InChI is InChI=1S/C10H15N3O3S2/c1-10(2-3-18(15,16)6-10)13-9(14)7-5-17-8(4-11)12-7/h5H,2-4,6,11H2,1H3,(H,13,14). The van der Waals surface area contributed by atoms with Crippen LogP contribution in [0.4, 0.5) is 0 Å². The van der Waals surface area contributed by atoms with Gasteiger partial charge in [0.2, 0.25) is 0 Å². The second-order valence-electron chi connectivity index (χ2n) is 4.69. The molecule has 1 aliphatic rings. The van der Waals surface area contributed by atoms with Crippen molar-refractivity contribution in [1.29, 1.82) is 0 Å². The monoisotopic (exact) mass is 289 g/mol. The van der Waals surface area contributed by atoms with Crippen LogP contribution in [0, 0.1) is 0 Å². The average molecular weight is 289 g/mol. The topological polar surface area (TPSA) is 102 Å². The van der Waals surface area contributed by atoms with E-state index >= 15 is 0 Å². The van der Waals surface area contributed by atoms with Crippen LogP contribution in [0.2, 0.25) is 0 Å². The first-order valence-corrected chi connectivity index (χ1v) is 8.21. The Labute approximate surface area is 110 Å². The molecule has 1 saturated heterocycles. The summed E-state index contributed by atoms with van der Waals surface area (Å²) >= 11 is 1.32. The predicted octanol–water partition coefficient (Wildman–Crippen LogP) is -0.0912. The summed E-state index contributed by atoms with van der Waals surface area (Å²) in [6.07, 6.45) is 0.439. The molecule has 18 heavy (non-hydrogen) atoms. The summed E-state index contributed by atoms with van der Waals surface area (Å²) in [4.78, 5) is 16.0. The molecule has 1 amide bonds. The number of nitrogens with zero attached hydrogens (tertiary/aromatic N) is 1. The molecule has 0 aromatic carbocycles. The molecule has 0 aliphatic carbocycles. The van der Waals surface area contributed by atoms with Gasteiger partial charge in [-0.15, -0.1) is 11.3 Å². The van der Waals surface area contributed by atoms with Crippen molar-refractivity contribution in [3.63, 3.8) is 0 Å². The number of thiazole rings is 1. The highest BCUT2D eigenvalue weighted by atomic mass is 32.2. The number of carbonyl (C=O) groups is 1. The summed E-state index contributed by atoms with van der Waals surface area (Å²) in [5, 5.41) is 5.06. The van der Waals surface area contributed by atoms with Crippen LogP contribution >= 0.6 is 11.3 Å². The molecule has 0 spiro atoms. The molecule has 0 radical (unpaired) electrons. The molecule has 100 valence electrons. The Kier molecular flexibility index (Phi) is 3.43. The molecule has 1 atom stereocenters. The van der Waals surface area contributed by atoms with E-state index in [0.717, 1.165) is 0 Å². The van der Waals surface area contributed by atoms with Gasteiger partial charge >= 0.3 is 0 Å². The van der Waals surface area contributed by atoms with E-state index in [2.05, 4.69) is 10.3 Å². The Bertz CT molecular complexity index is 567. The van der Waals surface area contributed by atoms with E-state index in [1.54, 1.807) is 12.3 Å². The lowest BCUT2D eigenvalue weighted by Crippen LogP contribution is -2.47.